The van der Waals surface area contributed by atoms with Crippen molar-refractivity contribution < 1.29 is 14.0 Å². The van der Waals surface area contributed by atoms with Gasteiger partial charge in [0.05, 0.1) is 0 Å². The van der Waals surface area contributed by atoms with Gasteiger partial charge in [0.15, 0.2) is 0 Å². The van der Waals surface area contributed by atoms with E-state index in [0.29, 0.717) is 18.7 Å². The van der Waals surface area contributed by atoms with E-state index in [9.17, 15) is 14.0 Å². The monoisotopic (exact) mass is 295 g/mol. The molecule has 0 spiro atoms. The van der Waals surface area contributed by atoms with Crippen LogP contribution < -0.4 is 16.0 Å². The third-order valence-corrected chi connectivity index (χ3v) is 2.95. The number of benzene rings is 1. The Morgan fingerprint density at radius 3 is 2.43 bits per heavy atom. The molecule has 0 aromatic heterocycles. The van der Waals surface area contributed by atoms with E-state index in [4.69, 9.17) is 0 Å². The van der Waals surface area contributed by atoms with Gasteiger partial charge in [-0.2, -0.15) is 0 Å². The zero-order chi connectivity index (χ0) is 15.7. The lowest BCUT2D eigenvalue weighted by Gasteiger charge is -2.08. The van der Waals surface area contributed by atoms with Crippen molar-refractivity contribution in [2.75, 3.05) is 19.6 Å². The van der Waals surface area contributed by atoms with Gasteiger partial charge in [-0.25, -0.2) is 9.18 Å². The van der Waals surface area contributed by atoms with Gasteiger partial charge in [-0.3, -0.25) is 4.79 Å². The number of halogens is 1. The van der Waals surface area contributed by atoms with Crippen LogP contribution in [0.4, 0.5) is 9.18 Å². The first-order valence-corrected chi connectivity index (χ1v) is 7.10. The second kappa shape index (κ2) is 8.94. The molecule has 0 saturated carbocycles. The van der Waals surface area contributed by atoms with Crippen LogP contribution in [0.5, 0.6) is 0 Å². The summed E-state index contributed by atoms with van der Waals surface area (Å²) < 4.78 is 13.3. The van der Waals surface area contributed by atoms with Crippen molar-refractivity contribution >= 4 is 11.9 Å². The predicted octanol–water partition coefficient (Wildman–Crippen LogP) is 1.96. The maximum absolute atomic E-state index is 13.3. The molecule has 0 saturated heterocycles. The van der Waals surface area contributed by atoms with Crippen LogP contribution in [0.25, 0.3) is 0 Å². The number of carbonyl (C=O) groups is 2. The summed E-state index contributed by atoms with van der Waals surface area (Å²) in [5.74, 6) is -0.766. The van der Waals surface area contributed by atoms with E-state index in [1.54, 1.807) is 19.1 Å². The fraction of sp³-hybridized carbons (Fsp3) is 0.467. The van der Waals surface area contributed by atoms with Gasteiger partial charge in [0.2, 0.25) is 0 Å². The molecule has 1 aromatic rings. The van der Waals surface area contributed by atoms with Crippen LogP contribution in [0, 0.1) is 12.7 Å². The molecule has 0 aliphatic rings. The number of unbranched alkanes of at least 4 members (excludes halogenated alkanes) is 1. The van der Waals surface area contributed by atoms with E-state index in [1.165, 1.54) is 6.07 Å². The highest BCUT2D eigenvalue weighted by Crippen LogP contribution is 2.08. The zero-order valence-corrected chi connectivity index (χ0v) is 12.5. The Balaban J connectivity index is 2.24. The molecule has 0 fully saturated rings. The number of carbonyl (C=O) groups excluding carboxylic acids is 2. The topological polar surface area (TPSA) is 70.2 Å². The smallest absolute Gasteiger partial charge is 0.314 e. The molecule has 0 atom stereocenters. The molecule has 6 heteroatoms. The van der Waals surface area contributed by atoms with Crippen molar-refractivity contribution in [1.29, 1.82) is 0 Å². The van der Waals surface area contributed by atoms with E-state index in [2.05, 4.69) is 16.0 Å². The number of hydrogen-bond acceptors (Lipinski definition) is 2. The van der Waals surface area contributed by atoms with Crippen molar-refractivity contribution in [2.24, 2.45) is 0 Å². The number of aryl methyl sites for hydroxylation is 1. The molecule has 1 aromatic carbocycles. The molecule has 1 rings (SSSR count). The average molecular weight is 295 g/mol. The van der Waals surface area contributed by atoms with Crippen LogP contribution in [-0.2, 0) is 0 Å². The molecular formula is C15H22FN3O2. The zero-order valence-electron chi connectivity index (χ0n) is 12.5. The molecule has 0 heterocycles. The van der Waals surface area contributed by atoms with Crippen LogP contribution in [-0.4, -0.2) is 31.6 Å². The fourth-order valence-electron chi connectivity index (χ4n) is 1.63. The highest BCUT2D eigenvalue weighted by molar-refractivity contribution is 5.94. The van der Waals surface area contributed by atoms with Crippen molar-refractivity contribution in [1.82, 2.24) is 16.0 Å². The van der Waals surface area contributed by atoms with E-state index in [0.717, 1.165) is 12.8 Å². The Kier molecular flexibility index (Phi) is 7.21. The van der Waals surface area contributed by atoms with Gasteiger partial charge in [0.25, 0.3) is 5.91 Å². The highest BCUT2D eigenvalue weighted by Gasteiger charge is 2.07. The minimum Gasteiger partial charge on any atom is -0.350 e. The van der Waals surface area contributed by atoms with Gasteiger partial charge in [0.1, 0.15) is 5.82 Å². The summed E-state index contributed by atoms with van der Waals surface area (Å²) in [6, 6.07) is 4.08. The predicted molar refractivity (Wildman–Crippen MR) is 79.8 cm³/mol. The molecule has 116 valence electrons. The molecule has 0 radical (unpaired) electrons. The lowest BCUT2D eigenvalue weighted by Crippen LogP contribution is -2.40. The SMILES string of the molecule is CCCCNC(=O)NCCNC(=O)c1ccc(C)c(F)c1. The van der Waals surface area contributed by atoms with Gasteiger partial charge in [-0.05, 0) is 31.0 Å². The summed E-state index contributed by atoms with van der Waals surface area (Å²) in [6.45, 7) is 4.92. The second-order valence-electron chi connectivity index (χ2n) is 4.76. The van der Waals surface area contributed by atoms with Gasteiger partial charge in [0, 0.05) is 25.2 Å². The summed E-state index contributed by atoms with van der Waals surface area (Å²) >= 11 is 0. The van der Waals surface area contributed by atoms with E-state index in [-0.39, 0.29) is 24.0 Å². The van der Waals surface area contributed by atoms with Crippen LogP contribution in [0.15, 0.2) is 18.2 Å². The van der Waals surface area contributed by atoms with E-state index < -0.39 is 5.82 Å². The molecular weight excluding hydrogens is 273 g/mol. The first-order chi connectivity index (χ1) is 10.0. The summed E-state index contributed by atoms with van der Waals surface area (Å²) in [6.07, 6.45) is 1.95. The van der Waals surface area contributed by atoms with Gasteiger partial charge in [-0.1, -0.05) is 19.4 Å². The molecule has 0 unspecified atom stereocenters. The summed E-state index contributed by atoms with van der Waals surface area (Å²) in [5, 5.41) is 7.95. The molecule has 5 nitrogen and oxygen atoms in total. The average Bonchev–Trinajstić information content (AvgIpc) is 2.46. The van der Waals surface area contributed by atoms with Gasteiger partial charge in [-0.15, -0.1) is 0 Å². The Hall–Kier alpha value is -2.11. The summed E-state index contributed by atoms with van der Waals surface area (Å²) in [7, 11) is 0. The summed E-state index contributed by atoms with van der Waals surface area (Å²) in [5.41, 5.74) is 0.766. The minimum atomic E-state index is -0.406. The van der Waals surface area contributed by atoms with Crippen LogP contribution in [0.1, 0.15) is 35.7 Å². The minimum absolute atomic E-state index is 0.251. The summed E-state index contributed by atoms with van der Waals surface area (Å²) in [4.78, 5) is 23.1. The number of amides is 3. The quantitative estimate of drug-likeness (QED) is 0.673. The first-order valence-electron chi connectivity index (χ1n) is 7.10. The standard InChI is InChI=1S/C15H22FN3O2/c1-3-4-7-18-15(21)19-9-8-17-14(20)12-6-5-11(2)13(16)10-12/h5-6,10H,3-4,7-9H2,1-2H3,(H,17,20)(H2,18,19,21). The maximum Gasteiger partial charge on any atom is 0.314 e. The lowest BCUT2D eigenvalue weighted by atomic mass is 10.1. The maximum atomic E-state index is 13.3. The molecule has 21 heavy (non-hydrogen) atoms. The molecule has 0 aliphatic carbocycles. The van der Waals surface area contributed by atoms with Crippen LogP contribution in [0.3, 0.4) is 0 Å². The molecule has 0 aliphatic heterocycles. The first kappa shape index (κ1) is 16.9. The van der Waals surface area contributed by atoms with E-state index >= 15 is 0 Å². The molecule has 3 amide bonds. The Bertz CT molecular complexity index is 492. The normalized spacial score (nSPS) is 10.0. The lowest BCUT2D eigenvalue weighted by molar-refractivity contribution is 0.0953. The number of rotatable bonds is 7. The van der Waals surface area contributed by atoms with Crippen molar-refractivity contribution in [3.63, 3.8) is 0 Å². The fourth-order valence-corrected chi connectivity index (χ4v) is 1.63. The largest absolute Gasteiger partial charge is 0.350 e. The van der Waals surface area contributed by atoms with Gasteiger partial charge < -0.3 is 16.0 Å². The van der Waals surface area contributed by atoms with E-state index in [1.807, 2.05) is 6.92 Å². The van der Waals surface area contributed by atoms with Crippen LogP contribution >= 0.6 is 0 Å². The van der Waals surface area contributed by atoms with Crippen molar-refractivity contribution in [3.05, 3.63) is 35.1 Å². The van der Waals surface area contributed by atoms with Gasteiger partial charge >= 0.3 is 6.03 Å². The van der Waals surface area contributed by atoms with Crippen LogP contribution in [0.2, 0.25) is 0 Å². The number of hydrogen-bond donors (Lipinski definition) is 3. The molecule has 3 N–H and O–H groups in total. The number of nitrogens with one attached hydrogen (secondary N) is 3. The highest BCUT2D eigenvalue weighted by atomic mass is 19.1. The number of urea groups is 1. The second-order valence-corrected chi connectivity index (χ2v) is 4.76. The Morgan fingerprint density at radius 1 is 1.10 bits per heavy atom. The Morgan fingerprint density at radius 2 is 1.76 bits per heavy atom. The Labute approximate surface area is 124 Å². The molecule has 0 bridgehead atoms. The third kappa shape index (κ3) is 6.25. The van der Waals surface area contributed by atoms with Crippen molar-refractivity contribution in [2.45, 2.75) is 26.7 Å². The van der Waals surface area contributed by atoms with Crippen molar-refractivity contribution in [3.8, 4) is 0 Å². The third-order valence-electron chi connectivity index (χ3n) is 2.95.